The first-order valence-electron chi connectivity index (χ1n) is 9.31. The predicted molar refractivity (Wildman–Crippen MR) is 101 cm³/mol. The number of aromatic nitrogens is 5. The van der Waals surface area contributed by atoms with E-state index in [4.69, 9.17) is 4.52 Å². The Morgan fingerprint density at radius 2 is 2.18 bits per heavy atom. The van der Waals surface area contributed by atoms with Crippen molar-refractivity contribution in [1.82, 2.24) is 30.4 Å². The van der Waals surface area contributed by atoms with E-state index in [1.165, 1.54) is 0 Å². The Kier molecular flexibility index (Phi) is 5.51. The molecule has 144 valence electrons. The molecule has 1 aliphatic rings. The molecule has 1 atom stereocenters. The Labute approximate surface area is 162 Å². The molecular formula is C19H21N7O2. The number of anilines is 1. The molecule has 0 saturated carbocycles. The highest BCUT2D eigenvalue weighted by Gasteiger charge is 2.22. The molecule has 3 aromatic heterocycles. The van der Waals surface area contributed by atoms with Gasteiger partial charge in [-0.2, -0.15) is 4.98 Å². The number of pyridine rings is 1. The van der Waals surface area contributed by atoms with E-state index in [-0.39, 0.29) is 11.9 Å². The van der Waals surface area contributed by atoms with Gasteiger partial charge >= 0.3 is 0 Å². The maximum Gasteiger partial charge on any atom is 0.227 e. The molecule has 9 nitrogen and oxygen atoms in total. The Morgan fingerprint density at radius 3 is 3.00 bits per heavy atom. The molecule has 28 heavy (non-hydrogen) atoms. The predicted octanol–water partition coefficient (Wildman–Crippen LogP) is 1.64. The Morgan fingerprint density at radius 1 is 1.25 bits per heavy atom. The number of piperidine rings is 1. The van der Waals surface area contributed by atoms with Gasteiger partial charge in [-0.15, -0.1) is 0 Å². The number of nitrogens with zero attached hydrogens (tertiary/aromatic N) is 6. The minimum Gasteiger partial charge on any atom is -0.353 e. The maximum absolute atomic E-state index is 12.3. The number of aryl methyl sites for hydroxylation is 1. The van der Waals surface area contributed by atoms with Gasteiger partial charge in [-0.3, -0.25) is 14.8 Å². The Balaban J connectivity index is 1.27. The van der Waals surface area contributed by atoms with Crippen molar-refractivity contribution in [3.8, 4) is 11.4 Å². The summed E-state index contributed by atoms with van der Waals surface area (Å²) in [5.41, 5.74) is 0.785. The van der Waals surface area contributed by atoms with Crippen molar-refractivity contribution in [3.05, 3.63) is 49.0 Å². The van der Waals surface area contributed by atoms with Gasteiger partial charge in [0.1, 0.15) is 5.82 Å². The van der Waals surface area contributed by atoms with Crippen LogP contribution in [0.15, 0.2) is 47.6 Å². The Bertz CT molecular complexity index is 901. The molecule has 1 amide bonds. The molecule has 1 N–H and O–H groups in total. The zero-order valence-corrected chi connectivity index (χ0v) is 15.4. The number of amides is 1. The molecule has 0 bridgehead atoms. The third-order valence-electron chi connectivity index (χ3n) is 4.61. The van der Waals surface area contributed by atoms with Crippen molar-refractivity contribution in [2.24, 2.45) is 0 Å². The van der Waals surface area contributed by atoms with Crippen molar-refractivity contribution < 1.29 is 9.32 Å². The van der Waals surface area contributed by atoms with Gasteiger partial charge < -0.3 is 14.7 Å². The monoisotopic (exact) mass is 379 g/mol. The lowest BCUT2D eigenvalue weighted by atomic mass is 10.1. The average Bonchev–Trinajstić information content (AvgIpc) is 3.23. The normalized spacial score (nSPS) is 16.7. The third kappa shape index (κ3) is 4.48. The summed E-state index contributed by atoms with van der Waals surface area (Å²) in [4.78, 5) is 31.3. The number of carbonyl (C=O) groups is 1. The fourth-order valence-corrected chi connectivity index (χ4v) is 3.25. The zero-order chi connectivity index (χ0) is 19.2. The van der Waals surface area contributed by atoms with E-state index >= 15 is 0 Å². The van der Waals surface area contributed by atoms with Crippen LogP contribution in [-0.2, 0) is 11.2 Å². The van der Waals surface area contributed by atoms with Crippen molar-refractivity contribution in [1.29, 1.82) is 0 Å². The van der Waals surface area contributed by atoms with Crippen LogP contribution in [0.4, 0.5) is 5.82 Å². The van der Waals surface area contributed by atoms with E-state index in [0.717, 1.165) is 37.3 Å². The number of nitrogens with one attached hydrogen (secondary N) is 1. The molecule has 9 heteroatoms. The molecule has 4 rings (SSSR count). The van der Waals surface area contributed by atoms with Gasteiger partial charge in [0.2, 0.25) is 17.6 Å². The van der Waals surface area contributed by atoms with Gasteiger partial charge in [-0.1, -0.05) is 5.16 Å². The summed E-state index contributed by atoms with van der Waals surface area (Å²) in [7, 11) is 0. The minimum absolute atomic E-state index is 0.0212. The molecule has 3 aromatic rings. The minimum atomic E-state index is -0.0212. The standard InChI is InChI=1S/C19H21N7O2/c27-17(5-6-18-24-19(25-28-18)14-3-1-7-20-11-14)23-15-4-2-10-26(13-15)16-12-21-8-9-22-16/h1,3,7-9,11-12,15H,2,4-6,10,13H2,(H,23,27)/t15-/m1/s1. The number of carbonyl (C=O) groups excluding carboxylic acids is 1. The van der Waals surface area contributed by atoms with Gasteiger partial charge in [-0.25, -0.2) is 4.98 Å². The smallest absolute Gasteiger partial charge is 0.227 e. The quantitative estimate of drug-likeness (QED) is 0.688. The van der Waals surface area contributed by atoms with Crippen LogP contribution in [0.1, 0.15) is 25.2 Å². The van der Waals surface area contributed by atoms with Gasteiger partial charge in [0.15, 0.2) is 0 Å². The lowest BCUT2D eigenvalue weighted by Crippen LogP contribution is -2.48. The second-order valence-electron chi connectivity index (χ2n) is 6.67. The average molecular weight is 379 g/mol. The number of rotatable bonds is 6. The van der Waals surface area contributed by atoms with Crippen LogP contribution in [0.3, 0.4) is 0 Å². The van der Waals surface area contributed by atoms with Gasteiger partial charge in [0.05, 0.1) is 6.20 Å². The highest BCUT2D eigenvalue weighted by Crippen LogP contribution is 2.17. The molecule has 1 saturated heterocycles. The third-order valence-corrected chi connectivity index (χ3v) is 4.61. The van der Waals surface area contributed by atoms with E-state index in [1.54, 1.807) is 31.0 Å². The summed E-state index contributed by atoms with van der Waals surface area (Å²) < 4.78 is 5.24. The summed E-state index contributed by atoms with van der Waals surface area (Å²) in [5.74, 6) is 1.75. The van der Waals surface area contributed by atoms with E-state index in [2.05, 4.69) is 35.3 Å². The van der Waals surface area contributed by atoms with Crippen LogP contribution in [0, 0.1) is 0 Å². The topological polar surface area (TPSA) is 110 Å². The molecule has 0 radical (unpaired) electrons. The second kappa shape index (κ2) is 8.55. The van der Waals surface area contributed by atoms with Gasteiger partial charge in [0, 0.05) is 62.3 Å². The van der Waals surface area contributed by atoms with Crippen LogP contribution in [-0.4, -0.2) is 50.1 Å². The summed E-state index contributed by atoms with van der Waals surface area (Å²) in [6.45, 7) is 1.65. The van der Waals surface area contributed by atoms with E-state index in [9.17, 15) is 4.79 Å². The molecular weight excluding hydrogens is 358 g/mol. The lowest BCUT2D eigenvalue weighted by Gasteiger charge is -2.33. The molecule has 0 unspecified atom stereocenters. The number of hydrogen-bond donors (Lipinski definition) is 1. The van der Waals surface area contributed by atoms with Crippen LogP contribution < -0.4 is 10.2 Å². The SMILES string of the molecule is O=C(CCc1nc(-c2cccnc2)no1)N[C@@H]1CCCN(c2cnccn2)C1. The highest BCUT2D eigenvalue weighted by atomic mass is 16.5. The maximum atomic E-state index is 12.3. The first-order valence-corrected chi connectivity index (χ1v) is 9.31. The molecule has 1 fully saturated rings. The van der Waals surface area contributed by atoms with Crippen LogP contribution in [0.5, 0.6) is 0 Å². The summed E-state index contributed by atoms with van der Waals surface area (Å²) in [5, 5.41) is 7.04. The van der Waals surface area contributed by atoms with Crippen molar-refractivity contribution in [3.63, 3.8) is 0 Å². The van der Waals surface area contributed by atoms with Crippen molar-refractivity contribution in [2.45, 2.75) is 31.7 Å². The second-order valence-corrected chi connectivity index (χ2v) is 6.67. The first-order chi connectivity index (χ1) is 13.8. The molecule has 0 aromatic carbocycles. The Hall–Kier alpha value is -3.36. The fraction of sp³-hybridized carbons (Fsp3) is 0.368. The summed E-state index contributed by atoms with van der Waals surface area (Å²) in [6.07, 6.45) is 11.1. The molecule has 0 spiro atoms. The summed E-state index contributed by atoms with van der Waals surface area (Å²) in [6, 6.07) is 3.77. The van der Waals surface area contributed by atoms with Crippen molar-refractivity contribution >= 4 is 11.7 Å². The van der Waals surface area contributed by atoms with E-state index < -0.39 is 0 Å². The lowest BCUT2D eigenvalue weighted by molar-refractivity contribution is -0.121. The van der Waals surface area contributed by atoms with E-state index in [0.29, 0.717) is 24.6 Å². The molecule has 1 aliphatic heterocycles. The zero-order valence-electron chi connectivity index (χ0n) is 15.4. The van der Waals surface area contributed by atoms with Crippen LogP contribution in [0.2, 0.25) is 0 Å². The van der Waals surface area contributed by atoms with Crippen molar-refractivity contribution in [2.75, 3.05) is 18.0 Å². The van der Waals surface area contributed by atoms with E-state index in [1.807, 2.05) is 12.1 Å². The molecule has 4 heterocycles. The highest BCUT2D eigenvalue weighted by molar-refractivity contribution is 5.76. The van der Waals surface area contributed by atoms with Crippen LogP contribution in [0.25, 0.3) is 11.4 Å². The fourth-order valence-electron chi connectivity index (χ4n) is 3.25. The first kappa shape index (κ1) is 18.0. The van der Waals surface area contributed by atoms with Gasteiger partial charge in [-0.05, 0) is 25.0 Å². The number of hydrogen-bond acceptors (Lipinski definition) is 8. The largest absolute Gasteiger partial charge is 0.353 e. The molecule has 0 aliphatic carbocycles. The van der Waals surface area contributed by atoms with Gasteiger partial charge in [0.25, 0.3) is 0 Å². The van der Waals surface area contributed by atoms with Crippen LogP contribution >= 0.6 is 0 Å². The summed E-state index contributed by atoms with van der Waals surface area (Å²) >= 11 is 0.